The van der Waals surface area contributed by atoms with Crippen LogP contribution < -0.4 is 0 Å². The van der Waals surface area contributed by atoms with Crippen LogP contribution in [0, 0.1) is 17.8 Å². The molecular weight excluding hydrogens is 215 g/mol. The van der Waals surface area contributed by atoms with Crippen LogP contribution in [-0.2, 0) is 4.52 Å². The van der Waals surface area contributed by atoms with Crippen LogP contribution in [0.4, 0.5) is 0 Å². The number of rotatable bonds is 4. The highest BCUT2D eigenvalue weighted by atomic mass is 31.0. The summed E-state index contributed by atoms with van der Waals surface area (Å²) in [4.78, 5) is 0. The van der Waals surface area contributed by atoms with Gasteiger partial charge in [-0.15, -0.1) is 0 Å². The van der Waals surface area contributed by atoms with Gasteiger partial charge in [0.25, 0.3) is 0 Å². The quantitative estimate of drug-likeness (QED) is 0.656. The molecule has 2 fully saturated rings. The lowest BCUT2D eigenvalue weighted by Gasteiger charge is -2.37. The first-order chi connectivity index (χ1) is 7.92. The molecule has 0 amide bonds. The molecule has 0 spiro atoms. The van der Waals surface area contributed by atoms with Crippen LogP contribution in [-0.4, -0.2) is 6.61 Å². The van der Waals surface area contributed by atoms with Crippen molar-refractivity contribution in [3.8, 4) is 0 Å². The second kappa shape index (κ2) is 6.97. The summed E-state index contributed by atoms with van der Waals surface area (Å²) in [6, 6.07) is 0. The van der Waals surface area contributed by atoms with Crippen molar-refractivity contribution in [2.24, 2.45) is 17.8 Å². The fourth-order valence-electron chi connectivity index (χ4n) is 3.89. The molecule has 1 nitrogen and oxygen atoms in total. The molecule has 0 aromatic rings. The molecule has 16 heavy (non-hydrogen) atoms. The second-order valence-corrected chi connectivity index (χ2v) is 6.13. The zero-order chi connectivity index (χ0) is 11.2. The van der Waals surface area contributed by atoms with Gasteiger partial charge in [0.1, 0.15) is 0 Å². The van der Waals surface area contributed by atoms with Gasteiger partial charge in [0, 0.05) is 9.47 Å². The second-order valence-electron chi connectivity index (χ2n) is 5.79. The van der Waals surface area contributed by atoms with E-state index in [0.717, 1.165) is 24.4 Å². The Hall–Kier alpha value is 0.390. The maximum Gasteiger partial charge on any atom is 0.0535 e. The predicted octanol–water partition coefficient (Wildman–Crippen LogP) is 4.57. The standard InChI is InChI=1S/C14H27OP/c16-15-11-14(12-7-3-1-4-8-12)13-9-5-2-6-10-13/h12-14H,1-11,16H2. The Balaban J connectivity index is 1.91. The van der Waals surface area contributed by atoms with Gasteiger partial charge < -0.3 is 4.52 Å². The van der Waals surface area contributed by atoms with Crippen molar-refractivity contribution < 1.29 is 4.52 Å². The summed E-state index contributed by atoms with van der Waals surface area (Å²) in [7, 11) is 2.46. The molecule has 2 aliphatic carbocycles. The Kier molecular flexibility index (Phi) is 5.59. The molecule has 0 bridgehead atoms. The van der Waals surface area contributed by atoms with Gasteiger partial charge in [0.05, 0.1) is 6.61 Å². The average molecular weight is 242 g/mol. The maximum absolute atomic E-state index is 5.43. The van der Waals surface area contributed by atoms with Crippen LogP contribution in [0.1, 0.15) is 64.2 Å². The molecule has 0 heterocycles. The van der Waals surface area contributed by atoms with Crippen molar-refractivity contribution in [2.45, 2.75) is 64.2 Å². The lowest BCUT2D eigenvalue weighted by Crippen LogP contribution is -2.30. The van der Waals surface area contributed by atoms with Crippen molar-refractivity contribution in [1.29, 1.82) is 0 Å². The molecule has 1 atom stereocenters. The molecule has 0 aromatic heterocycles. The fraction of sp³-hybridized carbons (Fsp3) is 1.00. The van der Waals surface area contributed by atoms with E-state index < -0.39 is 0 Å². The first-order valence-corrected chi connectivity index (χ1v) is 7.70. The van der Waals surface area contributed by atoms with E-state index >= 15 is 0 Å². The van der Waals surface area contributed by atoms with Crippen molar-refractivity contribution in [3.63, 3.8) is 0 Å². The van der Waals surface area contributed by atoms with Crippen molar-refractivity contribution in [2.75, 3.05) is 6.61 Å². The highest BCUT2D eigenvalue weighted by Gasteiger charge is 2.31. The largest absolute Gasteiger partial charge is 0.365 e. The number of hydrogen-bond acceptors (Lipinski definition) is 1. The molecule has 2 aliphatic rings. The highest BCUT2D eigenvalue weighted by molar-refractivity contribution is 7.09. The van der Waals surface area contributed by atoms with Crippen molar-refractivity contribution in [1.82, 2.24) is 0 Å². The van der Waals surface area contributed by atoms with Gasteiger partial charge in [-0.3, -0.25) is 0 Å². The third-order valence-corrected chi connectivity index (χ3v) is 4.99. The molecule has 1 unspecified atom stereocenters. The summed E-state index contributed by atoms with van der Waals surface area (Å²) in [5, 5.41) is 0. The Morgan fingerprint density at radius 2 is 1.25 bits per heavy atom. The molecular formula is C14H27OP. The first-order valence-electron chi connectivity index (χ1n) is 7.23. The fourth-order valence-corrected chi connectivity index (χ4v) is 4.12. The SMILES string of the molecule is POCC(C1CCCCC1)C1CCCCC1. The highest BCUT2D eigenvalue weighted by Crippen LogP contribution is 2.40. The van der Waals surface area contributed by atoms with Gasteiger partial charge in [0.15, 0.2) is 0 Å². The van der Waals surface area contributed by atoms with E-state index in [2.05, 4.69) is 9.47 Å². The molecule has 0 N–H and O–H groups in total. The van der Waals surface area contributed by atoms with E-state index in [9.17, 15) is 0 Å². The van der Waals surface area contributed by atoms with Gasteiger partial charge in [-0.05, 0) is 17.8 Å². The van der Waals surface area contributed by atoms with Gasteiger partial charge in [0.2, 0.25) is 0 Å². The molecule has 2 saturated carbocycles. The summed E-state index contributed by atoms with van der Waals surface area (Å²) in [6.07, 6.45) is 14.7. The smallest absolute Gasteiger partial charge is 0.0535 e. The van der Waals surface area contributed by atoms with Gasteiger partial charge >= 0.3 is 0 Å². The normalized spacial score (nSPS) is 25.1. The van der Waals surface area contributed by atoms with Crippen LogP contribution in [0.15, 0.2) is 0 Å². The van der Waals surface area contributed by atoms with E-state index in [1.54, 1.807) is 0 Å². The Bertz CT molecular complexity index is 165. The molecule has 2 heteroatoms. The van der Waals surface area contributed by atoms with E-state index in [0.29, 0.717) is 0 Å². The third kappa shape index (κ3) is 3.44. The number of hydrogen-bond donors (Lipinski definition) is 0. The Labute approximate surface area is 103 Å². The lowest BCUT2D eigenvalue weighted by molar-refractivity contribution is 0.0977. The molecule has 2 rings (SSSR count). The van der Waals surface area contributed by atoms with Crippen LogP contribution in [0.2, 0.25) is 0 Å². The summed E-state index contributed by atoms with van der Waals surface area (Å²) < 4.78 is 5.43. The van der Waals surface area contributed by atoms with E-state index in [1.807, 2.05) is 0 Å². The van der Waals surface area contributed by atoms with Crippen LogP contribution in [0.25, 0.3) is 0 Å². The van der Waals surface area contributed by atoms with Crippen LogP contribution >= 0.6 is 9.47 Å². The lowest BCUT2D eigenvalue weighted by atomic mass is 9.70. The van der Waals surface area contributed by atoms with Gasteiger partial charge in [-0.1, -0.05) is 64.2 Å². The minimum Gasteiger partial charge on any atom is -0.365 e. The predicted molar refractivity (Wildman–Crippen MR) is 72.3 cm³/mol. The van der Waals surface area contributed by atoms with Gasteiger partial charge in [-0.25, -0.2) is 0 Å². The molecule has 0 radical (unpaired) electrons. The zero-order valence-electron chi connectivity index (χ0n) is 10.5. The first kappa shape index (κ1) is 12.8. The summed E-state index contributed by atoms with van der Waals surface area (Å²) in [5.74, 6) is 2.80. The topological polar surface area (TPSA) is 9.23 Å². The summed E-state index contributed by atoms with van der Waals surface area (Å²) in [5.41, 5.74) is 0. The summed E-state index contributed by atoms with van der Waals surface area (Å²) in [6.45, 7) is 0.986. The summed E-state index contributed by atoms with van der Waals surface area (Å²) >= 11 is 0. The van der Waals surface area contributed by atoms with Crippen LogP contribution in [0.3, 0.4) is 0 Å². The third-order valence-electron chi connectivity index (χ3n) is 4.80. The van der Waals surface area contributed by atoms with E-state index in [1.165, 1.54) is 64.2 Å². The molecule has 0 aliphatic heterocycles. The van der Waals surface area contributed by atoms with Crippen molar-refractivity contribution in [3.05, 3.63) is 0 Å². The van der Waals surface area contributed by atoms with Crippen LogP contribution in [0.5, 0.6) is 0 Å². The Morgan fingerprint density at radius 1 is 0.812 bits per heavy atom. The van der Waals surface area contributed by atoms with Gasteiger partial charge in [-0.2, -0.15) is 0 Å². The van der Waals surface area contributed by atoms with E-state index in [-0.39, 0.29) is 0 Å². The zero-order valence-corrected chi connectivity index (χ0v) is 11.7. The molecule has 0 saturated heterocycles. The molecule has 94 valence electrons. The molecule has 0 aromatic carbocycles. The maximum atomic E-state index is 5.43. The minimum absolute atomic E-state index is 0.859. The van der Waals surface area contributed by atoms with Crippen molar-refractivity contribution >= 4 is 9.47 Å². The van der Waals surface area contributed by atoms with E-state index in [4.69, 9.17) is 4.52 Å². The minimum atomic E-state index is 0.859. The average Bonchev–Trinajstić information content (AvgIpc) is 2.38. The Morgan fingerprint density at radius 3 is 1.62 bits per heavy atom. The monoisotopic (exact) mass is 242 g/mol.